The molecule has 45 heavy (non-hydrogen) atoms. The van der Waals surface area contributed by atoms with Crippen molar-refractivity contribution < 1.29 is 9.59 Å². The summed E-state index contributed by atoms with van der Waals surface area (Å²) in [6.45, 7) is 0.696. The molecule has 4 aromatic rings. The van der Waals surface area contributed by atoms with Gasteiger partial charge in [0, 0.05) is 40.2 Å². The Balaban J connectivity index is 0.000000246. The lowest BCUT2D eigenvalue weighted by Gasteiger charge is -2.14. The molecule has 2 aromatic heterocycles. The molecule has 7 N–H and O–H groups in total. The zero-order valence-corrected chi connectivity index (χ0v) is 29.3. The molecule has 238 valence electrons. The summed E-state index contributed by atoms with van der Waals surface area (Å²) in [5, 5.41) is 12.0. The molecule has 0 unspecified atom stereocenters. The number of rotatable bonds is 11. The van der Waals surface area contributed by atoms with Crippen molar-refractivity contribution >= 4 is 111 Å². The topological polar surface area (TPSA) is 174 Å². The third-order valence-corrected chi connectivity index (χ3v) is 8.29. The fourth-order valence-electron chi connectivity index (χ4n) is 3.61. The lowest BCUT2D eigenvalue weighted by Crippen LogP contribution is -2.19. The predicted octanol–water partition coefficient (Wildman–Crippen LogP) is 7.13. The maximum Gasteiger partial charge on any atom is 0.256 e. The van der Waals surface area contributed by atoms with E-state index in [9.17, 15) is 9.59 Å². The molecule has 0 saturated heterocycles. The quantitative estimate of drug-likeness (QED) is 0.0600. The van der Waals surface area contributed by atoms with E-state index in [4.69, 9.17) is 69.5 Å². The Hall–Kier alpha value is -2.91. The number of thioether (sulfide) groups is 2. The second kappa shape index (κ2) is 17.1. The smallest absolute Gasteiger partial charge is 0.256 e. The molecule has 0 aliphatic heterocycles. The number of nitrogens with one attached hydrogen (secondary N) is 3. The molecule has 4 rings (SSSR count). The minimum Gasteiger partial charge on any atom is -0.372 e. The molecule has 0 bridgehead atoms. The molecule has 2 amide bonds. The first-order valence-electron chi connectivity index (χ1n) is 12.6. The zero-order valence-electron chi connectivity index (χ0n) is 23.8. The standard InChI is InChI=1S/C14H15Cl2N5OS.C13H11Cl3N4OS/c1-18-12-10(11(17)22)13(21-14(20-12)23-2)19-6-7-3-4-8(15)5-9(7)16;1-22-13-19-10(16)9(11(17)21)12(20-13)18-5-6-2-3-7(14)4-8(6)15/h3-5H,6H2,1-2H3,(H2,17,22)(H2,18,19,20,21);2-4H,5H2,1H3,(H2,17,21)(H,18,19,20). The fraction of sp³-hybridized carbons (Fsp3) is 0.185. The van der Waals surface area contributed by atoms with Crippen LogP contribution in [0, 0.1) is 0 Å². The van der Waals surface area contributed by atoms with Crippen LogP contribution in [-0.4, -0.2) is 51.3 Å². The van der Waals surface area contributed by atoms with E-state index in [0.717, 1.165) is 11.1 Å². The third kappa shape index (κ3) is 10.0. The molecule has 0 atom stereocenters. The highest BCUT2D eigenvalue weighted by molar-refractivity contribution is 7.98. The van der Waals surface area contributed by atoms with Gasteiger partial charge in [0.25, 0.3) is 11.8 Å². The van der Waals surface area contributed by atoms with Gasteiger partial charge in [-0.25, -0.2) is 19.9 Å². The molecule has 0 fully saturated rings. The maximum atomic E-state index is 11.7. The summed E-state index contributed by atoms with van der Waals surface area (Å²) in [6.07, 6.45) is 3.65. The summed E-state index contributed by atoms with van der Waals surface area (Å²) in [5.41, 5.74) is 12.6. The van der Waals surface area contributed by atoms with Crippen LogP contribution in [0.25, 0.3) is 0 Å². The molecule has 18 heteroatoms. The monoisotopic (exact) mass is 747 g/mol. The highest BCUT2D eigenvalue weighted by Gasteiger charge is 2.19. The van der Waals surface area contributed by atoms with Gasteiger partial charge in [0.15, 0.2) is 10.3 Å². The number of hydrogen-bond acceptors (Lipinski definition) is 11. The van der Waals surface area contributed by atoms with Gasteiger partial charge in [-0.3, -0.25) is 9.59 Å². The van der Waals surface area contributed by atoms with Crippen molar-refractivity contribution in [2.75, 3.05) is 35.5 Å². The third-order valence-electron chi connectivity index (χ3n) is 5.75. The molecular weight excluding hydrogens is 724 g/mol. The first kappa shape index (κ1) is 36.6. The number of halogens is 5. The summed E-state index contributed by atoms with van der Waals surface area (Å²) in [5.74, 6) is -0.328. The van der Waals surface area contributed by atoms with Crippen molar-refractivity contribution in [2.45, 2.75) is 23.4 Å². The number of carbonyl (C=O) groups excluding carboxylic acids is 2. The number of hydrogen-bond donors (Lipinski definition) is 5. The number of primary amides is 2. The van der Waals surface area contributed by atoms with Crippen LogP contribution in [0.4, 0.5) is 17.5 Å². The molecule has 0 saturated carbocycles. The van der Waals surface area contributed by atoms with Crippen molar-refractivity contribution in [2.24, 2.45) is 11.5 Å². The minimum atomic E-state index is -0.706. The summed E-state index contributed by atoms with van der Waals surface area (Å²) >= 11 is 32.7. The lowest BCUT2D eigenvalue weighted by molar-refractivity contribution is 0.0992. The van der Waals surface area contributed by atoms with Crippen molar-refractivity contribution in [1.82, 2.24) is 19.9 Å². The Morgan fingerprint density at radius 1 is 0.689 bits per heavy atom. The maximum absolute atomic E-state index is 11.7. The SMILES string of the molecule is CNc1nc(SC)nc(NCc2ccc(Cl)cc2Cl)c1C(N)=O.CSc1nc(Cl)c(C(N)=O)c(NCc2ccc(Cl)cc2Cl)n1. The summed E-state index contributed by atoms with van der Waals surface area (Å²) in [4.78, 5) is 40.0. The average molecular weight is 750 g/mol. The Bertz CT molecular complexity index is 1720. The number of benzene rings is 2. The second-order valence-electron chi connectivity index (χ2n) is 8.66. The van der Waals surface area contributed by atoms with Crippen molar-refractivity contribution in [1.29, 1.82) is 0 Å². The van der Waals surface area contributed by atoms with Crippen LogP contribution < -0.4 is 27.4 Å². The van der Waals surface area contributed by atoms with Gasteiger partial charge in [0.2, 0.25) is 0 Å². The molecular formula is C27H26Cl5N9O2S2. The molecule has 0 spiro atoms. The van der Waals surface area contributed by atoms with E-state index in [1.54, 1.807) is 49.7 Å². The van der Waals surface area contributed by atoms with Crippen molar-refractivity contribution in [3.63, 3.8) is 0 Å². The minimum absolute atomic E-state index is 0.0107. The molecule has 0 aliphatic carbocycles. The molecule has 0 radical (unpaired) electrons. The normalized spacial score (nSPS) is 10.5. The van der Waals surface area contributed by atoms with E-state index >= 15 is 0 Å². The van der Waals surface area contributed by atoms with Crippen molar-refractivity contribution in [3.8, 4) is 0 Å². The van der Waals surface area contributed by atoms with Gasteiger partial charge in [0.1, 0.15) is 33.7 Å². The van der Waals surface area contributed by atoms with Gasteiger partial charge in [-0.05, 0) is 47.9 Å². The first-order valence-corrected chi connectivity index (χ1v) is 16.9. The van der Waals surface area contributed by atoms with E-state index in [1.165, 1.54) is 23.5 Å². The highest BCUT2D eigenvalue weighted by Crippen LogP contribution is 2.28. The average Bonchev–Trinajstić information content (AvgIpc) is 2.99. The van der Waals surface area contributed by atoms with Crippen LogP contribution in [-0.2, 0) is 13.1 Å². The number of nitrogens with two attached hydrogens (primary N) is 2. The number of nitrogens with zero attached hydrogens (tertiary/aromatic N) is 4. The van der Waals surface area contributed by atoms with E-state index < -0.39 is 11.8 Å². The molecule has 11 nitrogen and oxygen atoms in total. The van der Waals surface area contributed by atoms with Gasteiger partial charge < -0.3 is 27.4 Å². The number of aromatic nitrogens is 4. The Morgan fingerprint density at radius 3 is 1.51 bits per heavy atom. The number of anilines is 3. The van der Waals surface area contributed by atoms with Crippen LogP contribution in [0.15, 0.2) is 46.7 Å². The molecule has 0 aliphatic rings. The van der Waals surface area contributed by atoms with Crippen LogP contribution >= 0.6 is 81.5 Å². The Kier molecular flexibility index (Phi) is 13.9. The summed E-state index contributed by atoms with van der Waals surface area (Å²) in [6, 6.07) is 10.3. The lowest BCUT2D eigenvalue weighted by atomic mass is 10.2. The van der Waals surface area contributed by atoms with Crippen LogP contribution in [0.5, 0.6) is 0 Å². The van der Waals surface area contributed by atoms with Crippen molar-refractivity contribution in [3.05, 3.63) is 83.9 Å². The van der Waals surface area contributed by atoms with Gasteiger partial charge in [-0.15, -0.1) is 0 Å². The van der Waals surface area contributed by atoms with E-state index in [0.29, 0.717) is 55.1 Å². The van der Waals surface area contributed by atoms with Crippen LogP contribution in [0.3, 0.4) is 0 Å². The number of carbonyl (C=O) groups is 2. The predicted molar refractivity (Wildman–Crippen MR) is 187 cm³/mol. The highest BCUT2D eigenvalue weighted by atomic mass is 35.5. The summed E-state index contributed by atoms with van der Waals surface area (Å²) < 4.78 is 0. The Labute approximate surface area is 292 Å². The van der Waals surface area contributed by atoms with Crippen LogP contribution in [0.2, 0.25) is 25.2 Å². The van der Waals surface area contributed by atoms with E-state index in [2.05, 4.69) is 35.9 Å². The summed E-state index contributed by atoms with van der Waals surface area (Å²) in [7, 11) is 1.67. The van der Waals surface area contributed by atoms with E-state index in [1.807, 2.05) is 6.26 Å². The number of amides is 2. The Morgan fingerprint density at radius 2 is 1.11 bits per heavy atom. The fourth-order valence-corrected chi connectivity index (χ4v) is 5.61. The second-order valence-corrected chi connectivity index (χ2v) is 12.3. The van der Waals surface area contributed by atoms with Crippen LogP contribution in [0.1, 0.15) is 31.8 Å². The van der Waals surface area contributed by atoms with Gasteiger partial charge >= 0.3 is 0 Å². The first-order chi connectivity index (χ1) is 21.4. The molecule has 2 aromatic carbocycles. The zero-order chi connectivity index (χ0) is 33.3. The molecule has 2 heterocycles. The van der Waals surface area contributed by atoms with Gasteiger partial charge in [-0.1, -0.05) is 93.7 Å². The van der Waals surface area contributed by atoms with E-state index in [-0.39, 0.29) is 22.1 Å². The largest absolute Gasteiger partial charge is 0.372 e. The van der Waals surface area contributed by atoms with Gasteiger partial charge in [-0.2, -0.15) is 0 Å². The van der Waals surface area contributed by atoms with Gasteiger partial charge in [0.05, 0.1) is 0 Å².